The Balaban J connectivity index is 1.17. The summed E-state index contributed by atoms with van der Waals surface area (Å²) in [4.78, 5) is 23.0. The summed E-state index contributed by atoms with van der Waals surface area (Å²) in [6.45, 7) is 8.13. The van der Waals surface area contributed by atoms with Gasteiger partial charge in [-0.05, 0) is 43.2 Å². The minimum Gasteiger partial charge on any atom is -0.443 e. The van der Waals surface area contributed by atoms with Gasteiger partial charge in [-0.15, -0.1) is 11.3 Å². The molecule has 0 atom stereocenters. The van der Waals surface area contributed by atoms with E-state index in [1.165, 1.54) is 11.3 Å². The van der Waals surface area contributed by atoms with Crippen LogP contribution in [0.2, 0.25) is 0 Å². The fourth-order valence-corrected chi connectivity index (χ4v) is 4.60. The number of anilines is 1. The summed E-state index contributed by atoms with van der Waals surface area (Å²) >= 11 is 1.49. The van der Waals surface area contributed by atoms with Gasteiger partial charge in [0.25, 0.3) is 0 Å². The third-order valence-electron chi connectivity index (χ3n) is 5.86. The van der Waals surface area contributed by atoms with Crippen molar-refractivity contribution >= 4 is 23.2 Å². The van der Waals surface area contributed by atoms with Crippen LogP contribution in [0.1, 0.15) is 38.8 Å². The van der Waals surface area contributed by atoms with E-state index in [1.807, 2.05) is 22.5 Å². The molecule has 33 heavy (non-hydrogen) atoms. The van der Waals surface area contributed by atoms with Crippen LogP contribution in [0, 0.1) is 11.8 Å². The molecule has 1 fully saturated rings. The summed E-state index contributed by atoms with van der Waals surface area (Å²) in [7, 11) is 0. The van der Waals surface area contributed by atoms with Crippen molar-refractivity contribution in [1.82, 2.24) is 25.1 Å². The van der Waals surface area contributed by atoms with E-state index in [4.69, 9.17) is 9.72 Å². The first-order valence-electron chi connectivity index (χ1n) is 11.6. The van der Waals surface area contributed by atoms with Crippen molar-refractivity contribution in [3.05, 3.63) is 47.3 Å². The maximum Gasteiger partial charge on any atom is 0.407 e. The third kappa shape index (κ3) is 6.77. The summed E-state index contributed by atoms with van der Waals surface area (Å²) in [6.07, 6.45) is 8.73. The first kappa shape index (κ1) is 23.2. The minimum absolute atomic E-state index is 0.222. The van der Waals surface area contributed by atoms with E-state index in [-0.39, 0.29) is 12.7 Å². The quantitative estimate of drug-likeness (QED) is 0.494. The Morgan fingerprint density at radius 1 is 1.21 bits per heavy atom. The standard InChI is InChI=1S/C24H32N6O2S/c1-18(2)13-30-14-21(12-28-30)20-3-4-23(26-11-20)29-9-6-19(7-10-29)5-8-25-24(31)32-15-22-16-33-17-27-22/h3-4,11-12,14,16-19H,5-10,13,15H2,1-2H3,(H,25,31). The van der Waals surface area contributed by atoms with Gasteiger partial charge in [0, 0.05) is 55.1 Å². The Hall–Kier alpha value is -2.94. The van der Waals surface area contributed by atoms with Crippen LogP contribution in [0.3, 0.4) is 0 Å². The van der Waals surface area contributed by atoms with Crippen LogP contribution in [0.25, 0.3) is 11.1 Å². The molecule has 0 bridgehead atoms. The lowest BCUT2D eigenvalue weighted by Gasteiger charge is -2.32. The fourth-order valence-electron chi connectivity index (χ4n) is 4.06. The van der Waals surface area contributed by atoms with Crippen LogP contribution in [0.5, 0.6) is 0 Å². The van der Waals surface area contributed by atoms with Crippen LogP contribution in [0.4, 0.5) is 10.6 Å². The number of aromatic nitrogens is 4. The van der Waals surface area contributed by atoms with E-state index < -0.39 is 0 Å². The number of alkyl carbamates (subject to hydrolysis) is 1. The Morgan fingerprint density at radius 2 is 2.06 bits per heavy atom. The molecule has 1 saturated heterocycles. The Labute approximate surface area is 199 Å². The van der Waals surface area contributed by atoms with Crippen LogP contribution >= 0.6 is 11.3 Å². The molecule has 0 aromatic carbocycles. The van der Waals surface area contributed by atoms with Gasteiger partial charge < -0.3 is 15.0 Å². The van der Waals surface area contributed by atoms with Crippen LogP contribution in [0.15, 0.2) is 41.6 Å². The first-order valence-corrected chi connectivity index (χ1v) is 12.5. The highest BCUT2D eigenvalue weighted by Gasteiger charge is 2.20. The molecule has 0 unspecified atom stereocenters. The Morgan fingerprint density at radius 3 is 2.76 bits per heavy atom. The SMILES string of the molecule is CC(C)Cn1cc(-c2ccc(N3CCC(CCNC(=O)OCc4cscn4)CC3)nc2)cn1. The van der Waals surface area contributed by atoms with E-state index >= 15 is 0 Å². The molecule has 0 radical (unpaired) electrons. The number of nitrogens with one attached hydrogen (secondary N) is 1. The number of thiazole rings is 1. The number of ether oxygens (including phenoxy) is 1. The second-order valence-electron chi connectivity index (χ2n) is 8.95. The number of hydrogen-bond acceptors (Lipinski definition) is 7. The van der Waals surface area contributed by atoms with Crippen LogP contribution < -0.4 is 10.2 Å². The van der Waals surface area contributed by atoms with Gasteiger partial charge in [-0.2, -0.15) is 5.10 Å². The molecule has 1 N–H and O–H groups in total. The normalized spacial score (nSPS) is 14.6. The third-order valence-corrected chi connectivity index (χ3v) is 6.50. The number of piperidine rings is 1. The average molecular weight is 469 g/mol. The van der Waals surface area contributed by atoms with Gasteiger partial charge in [0.2, 0.25) is 0 Å². The molecule has 1 amide bonds. The van der Waals surface area contributed by atoms with E-state index in [0.29, 0.717) is 18.4 Å². The topological polar surface area (TPSA) is 85.2 Å². The molecule has 0 spiro atoms. The number of nitrogens with zero attached hydrogens (tertiary/aromatic N) is 5. The van der Waals surface area contributed by atoms with Crippen molar-refractivity contribution in [3.8, 4) is 11.1 Å². The van der Waals surface area contributed by atoms with Gasteiger partial charge in [0.1, 0.15) is 12.4 Å². The highest BCUT2D eigenvalue weighted by molar-refractivity contribution is 7.07. The molecule has 3 aromatic heterocycles. The second kappa shape index (κ2) is 11.3. The summed E-state index contributed by atoms with van der Waals surface area (Å²) in [6, 6.07) is 4.24. The monoisotopic (exact) mass is 468 g/mol. The van der Waals surface area contributed by atoms with E-state index in [2.05, 4.69) is 52.5 Å². The van der Waals surface area contributed by atoms with Gasteiger partial charge in [0.05, 0.1) is 17.4 Å². The van der Waals surface area contributed by atoms with Crippen molar-refractivity contribution in [2.24, 2.45) is 11.8 Å². The zero-order valence-electron chi connectivity index (χ0n) is 19.3. The predicted molar refractivity (Wildman–Crippen MR) is 130 cm³/mol. The zero-order chi connectivity index (χ0) is 23.0. The van der Waals surface area contributed by atoms with Crippen molar-refractivity contribution in [1.29, 1.82) is 0 Å². The van der Waals surface area contributed by atoms with Crippen molar-refractivity contribution in [2.75, 3.05) is 24.5 Å². The van der Waals surface area contributed by atoms with Gasteiger partial charge >= 0.3 is 6.09 Å². The molecule has 0 saturated carbocycles. The number of carbonyl (C=O) groups is 1. The Kier molecular flexibility index (Phi) is 7.93. The molecule has 0 aliphatic carbocycles. The average Bonchev–Trinajstić information content (AvgIpc) is 3.50. The van der Waals surface area contributed by atoms with Gasteiger partial charge in [-0.3, -0.25) is 4.68 Å². The van der Waals surface area contributed by atoms with Gasteiger partial charge in [-0.25, -0.2) is 14.8 Å². The van der Waals surface area contributed by atoms with Crippen molar-refractivity contribution in [3.63, 3.8) is 0 Å². The maximum atomic E-state index is 11.8. The van der Waals surface area contributed by atoms with Gasteiger partial charge in [-0.1, -0.05) is 13.8 Å². The predicted octanol–water partition coefficient (Wildman–Crippen LogP) is 4.59. The number of carbonyl (C=O) groups excluding carboxylic acids is 1. The van der Waals surface area contributed by atoms with Crippen LogP contribution in [-0.2, 0) is 17.9 Å². The lowest BCUT2D eigenvalue weighted by molar-refractivity contribution is 0.137. The lowest BCUT2D eigenvalue weighted by Crippen LogP contribution is -2.35. The number of hydrogen-bond donors (Lipinski definition) is 1. The molecular formula is C24H32N6O2S. The molecule has 176 valence electrons. The molecule has 9 heteroatoms. The second-order valence-corrected chi connectivity index (χ2v) is 9.67. The molecule has 3 aromatic rings. The summed E-state index contributed by atoms with van der Waals surface area (Å²) in [5, 5.41) is 9.18. The summed E-state index contributed by atoms with van der Waals surface area (Å²) in [5.41, 5.74) is 4.71. The number of amides is 1. The van der Waals surface area contributed by atoms with E-state index in [0.717, 1.165) is 61.5 Å². The molecule has 1 aliphatic rings. The Bertz CT molecular complexity index is 994. The minimum atomic E-state index is -0.375. The largest absolute Gasteiger partial charge is 0.443 e. The number of rotatable bonds is 9. The van der Waals surface area contributed by atoms with Crippen LogP contribution in [-0.4, -0.2) is 45.5 Å². The van der Waals surface area contributed by atoms with E-state index in [9.17, 15) is 4.79 Å². The molecule has 1 aliphatic heterocycles. The van der Waals surface area contributed by atoms with E-state index in [1.54, 1.807) is 5.51 Å². The molecular weight excluding hydrogens is 436 g/mol. The number of pyridine rings is 1. The fraction of sp³-hybridized carbons (Fsp3) is 0.500. The highest BCUT2D eigenvalue weighted by atomic mass is 32.1. The maximum absolute atomic E-state index is 11.8. The first-order chi connectivity index (χ1) is 16.1. The molecule has 8 nitrogen and oxygen atoms in total. The van der Waals surface area contributed by atoms with Crippen molar-refractivity contribution in [2.45, 2.75) is 46.3 Å². The smallest absolute Gasteiger partial charge is 0.407 e. The molecule has 4 heterocycles. The lowest BCUT2D eigenvalue weighted by atomic mass is 9.93. The zero-order valence-corrected chi connectivity index (χ0v) is 20.1. The summed E-state index contributed by atoms with van der Waals surface area (Å²) < 4.78 is 7.18. The molecule has 4 rings (SSSR count). The summed E-state index contributed by atoms with van der Waals surface area (Å²) in [5.74, 6) is 2.20. The highest BCUT2D eigenvalue weighted by Crippen LogP contribution is 2.26. The van der Waals surface area contributed by atoms with Gasteiger partial charge in [0.15, 0.2) is 0 Å². The van der Waals surface area contributed by atoms with Crippen molar-refractivity contribution < 1.29 is 9.53 Å².